The van der Waals surface area contributed by atoms with E-state index in [0.29, 0.717) is 0 Å². The summed E-state index contributed by atoms with van der Waals surface area (Å²) in [6.45, 7) is -0.148. The molecule has 0 saturated heterocycles. The molecule has 8 nitrogen and oxygen atoms in total. The molecule has 0 aliphatic rings. The van der Waals surface area contributed by atoms with Crippen LogP contribution in [0.15, 0.2) is 48.5 Å². The van der Waals surface area contributed by atoms with Crippen LogP contribution < -0.4 is 10.1 Å². The van der Waals surface area contributed by atoms with Crippen LogP contribution in [0.3, 0.4) is 0 Å². The van der Waals surface area contributed by atoms with Gasteiger partial charge in [0.05, 0.1) is 19.8 Å². The number of methoxy groups -OCH3 is 2. The molecule has 0 bridgehead atoms. The van der Waals surface area contributed by atoms with Gasteiger partial charge >= 0.3 is 12.1 Å². The maximum absolute atomic E-state index is 11.8. The van der Waals surface area contributed by atoms with Gasteiger partial charge in [0.25, 0.3) is 0 Å². The van der Waals surface area contributed by atoms with E-state index in [9.17, 15) is 19.8 Å². The van der Waals surface area contributed by atoms with Gasteiger partial charge in [-0.1, -0.05) is 36.4 Å². The van der Waals surface area contributed by atoms with Crippen molar-refractivity contribution in [1.29, 1.82) is 0 Å². The zero-order valence-electron chi connectivity index (χ0n) is 15.6. The molecule has 0 radical (unpaired) electrons. The number of hydrogen-bond acceptors (Lipinski definition) is 7. The lowest BCUT2D eigenvalue weighted by molar-refractivity contribution is 0.0170. The van der Waals surface area contributed by atoms with Crippen molar-refractivity contribution in [3.8, 4) is 5.75 Å². The van der Waals surface area contributed by atoms with Crippen molar-refractivity contribution in [1.82, 2.24) is 5.32 Å². The van der Waals surface area contributed by atoms with E-state index in [4.69, 9.17) is 9.47 Å². The number of aliphatic hydroxyl groups is 2. The zero-order chi connectivity index (χ0) is 20.5. The first kappa shape index (κ1) is 21.2. The standard InChI is InChI=1S/C20H23NO7/c1-26-17-10-14(19(24)27-2)8-9-15(17)18(23)16(22)11-21-20(25)28-12-13-6-4-3-5-7-13/h3-10,16,18,22-23H,11-12H2,1-2H3,(H,21,25). The van der Waals surface area contributed by atoms with E-state index in [1.165, 1.54) is 32.4 Å². The molecule has 0 aromatic heterocycles. The number of benzene rings is 2. The van der Waals surface area contributed by atoms with Crippen LogP contribution in [0.25, 0.3) is 0 Å². The molecule has 2 aromatic carbocycles. The Bertz CT molecular complexity index is 794. The van der Waals surface area contributed by atoms with Crippen LogP contribution in [0.2, 0.25) is 0 Å². The minimum Gasteiger partial charge on any atom is -0.496 e. The molecule has 150 valence electrons. The molecule has 0 aliphatic carbocycles. The number of nitrogens with one attached hydrogen (secondary N) is 1. The van der Waals surface area contributed by atoms with Crippen LogP contribution in [0, 0.1) is 0 Å². The first-order valence-corrected chi connectivity index (χ1v) is 8.53. The normalized spacial score (nSPS) is 12.6. The van der Waals surface area contributed by atoms with Gasteiger partial charge in [0.1, 0.15) is 24.6 Å². The summed E-state index contributed by atoms with van der Waals surface area (Å²) in [5.74, 6) is -0.344. The molecule has 0 saturated carbocycles. The second-order valence-corrected chi connectivity index (χ2v) is 5.90. The molecule has 2 atom stereocenters. The largest absolute Gasteiger partial charge is 0.496 e. The highest BCUT2D eigenvalue weighted by Gasteiger charge is 2.23. The number of aliphatic hydroxyl groups excluding tert-OH is 2. The van der Waals surface area contributed by atoms with E-state index in [1.54, 1.807) is 0 Å². The number of hydrogen-bond donors (Lipinski definition) is 3. The Morgan fingerprint density at radius 1 is 1.07 bits per heavy atom. The number of ether oxygens (including phenoxy) is 3. The molecular weight excluding hydrogens is 366 g/mol. The van der Waals surface area contributed by atoms with Gasteiger partial charge in [-0.15, -0.1) is 0 Å². The number of rotatable bonds is 8. The highest BCUT2D eigenvalue weighted by Crippen LogP contribution is 2.28. The molecule has 3 N–H and O–H groups in total. The Kier molecular flexibility index (Phi) is 7.79. The van der Waals surface area contributed by atoms with Crippen molar-refractivity contribution in [2.75, 3.05) is 20.8 Å². The van der Waals surface area contributed by atoms with E-state index in [-0.39, 0.29) is 30.0 Å². The maximum Gasteiger partial charge on any atom is 0.407 e. The molecule has 2 unspecified atom stereocenters. The lowest BCUT2D eigenvalue weighted by Crippen LogP contribution is -2.35. The molecule has 8 heteroatoms. The summed E-state index contributed by atoms with van der Waals surface area (Å²) in [7, 11) is 2.63. The smallest absolute Gasteiger partial charge is 0.407 e. The molecule has 1 amide bonds. The van der Waals surface area contributed by atoms with Crippen molar-refractivity contribution in [2.45, 2.75) is 18.8 Å². The van der Waals surface area contributed by atoms with Gasteiger partial charge in [-0.3, -0.25) is 0 Å². The highest BCUT2D eigenvalue weighted by atomic mass is 16.5. The Hall–Kier alpha value is -3.10. The minimum atomic E-state index is -1.35. The van der Waals surface area contributed by atoms with Crippen molar-refractivity contribution < 1.29 is 34.0 Å². The summed E-state index contributed by atoms with van der Waals surface area (Å²) in [6.07, 6.45) is -3.39. The van der Waals surface area contributed by atoms with Gasteiger partial charge in [-0.25, -0.2) is 9.59 Å². The van der Waals surface area contributed by atoms with Crippen LogP contribution >= 0.6 is 0 Å². The van der Waals surface area contributed by atoms with Crippen molar-refractivity contribution in [3.63, 3.8) is 0 Å². The van der Waals surface area contributed by atoms with Crippen molar-refractivity contribution in [3.05, 3.63) is 65.2 Å². The van der Waals surface area contributed by atoms with Crippen LogP contribution in [0.5, 0.6) is 5.75 Å². The van der Waals surface area contributed by atoms with E-state index in [0.717, 1.165) is 5.56 Å². The van der Waals surface area contributed by atoms with Crippen LogP contribution in [-0.4, -0.2) is 49.1 Å². The summed E-state index contributed by atoms with van der Waals surface area (Å²) in [4.78, 5) is 23.3. The molecule has 0 aliphatic heterocycles. The average Bonchev–Trinajstić information content (AvgIpc) is 2.75. The van der Waals surface area contributed by atoms with Crippen molar-refractivity contribution in [2.24, 2.45) is 0 Å². The SMILES string of the molecule is COC(=O)c1ccc(C(O)C(O)CNC(=O)OCc2ccccc2)c(OC)c1. The predicted molar refractivity (Wildman–Crippen MR) is 99.9 cm³/mol. The topological polar surface area (TPSA) is 114 Å². The Balaban J connectivity index is 1.92. The quantitative estimate of drug-likeness (QED) is 0.590. The van der Waals surface area contributed by atoms with E-state index in [2.05, 4.69) is 10.1 Å². The Morgan fingerprint density at radius 2 is 1.79 bits per heavy atom. The number of carbonyl (C=O) groups is 2. The lowest BCUT2D eigenvalue weighted by Gasteiger charge is -2.21. The fraction of sp³-hybridized carbons (Fsp3) is 0.300. The van der Waals surface area contributed by atoms with E-state index >= 15 is 0 Å². The number of esters is 1. The highest BCUT2D eigenvalue weighted by molar-refractivity contribution is 5.90. The molecule has 0 spiro atoms. The van der Waals surface area contributed by atoms with Crippen molar-refractivity contribution >= 4 is 12.1 Å². The summed E-state index contributed by atoms with van der Waals surface area (Å²) in [5.41, 5.74) is 1.34. The van der Waals surface area contributed by atoms with Gasteiger partial charge in [-0.2, -0.15) is 0 Å². The third-order valence-corrected chi connectivity index (χ3v) is 4.01. The molecule has 2 aromatic rings. The van der Waals surface area contributed by atoms with Gasteiger partial charge < -0.3 is 29.7 Å². The lowest BCUT2D eigenvalue weighted by atomic mass is 10.0. The summed E-state index contributed by atoms with van der Waals surface area (Å²) in [5, 5.41) is 22.9. The molecule has 2 rings (SSSR count). The average molecular weight is 389 g/mol. The minimum absolute atomic E-state index is 0.0914. The maximum atomic E-state index is 11.8. The second-order valence-electron chi connectivity index (χ2n) is 5.90. The third kappa shape index (κ3) is 5.70. The third-order valence-electron chi connectivity index (χ3n) is 4.01. The molecular formula is C20H23NO7. The second kappa shape index (κ2) is 10.3. The molecule has 0 fully saturated rings. The van der Waals surface area contributed by atoms with Gasteiger partial charge in [0, 0.05) is 12.1 Å². The summed E-state index contributed by atoms with van der Waals surface area (Å²) < 4.78 is 14.9. The molecule has 28 heavy (non-hydrogen) atoms. The number of carbonyl (C=O) groups excluding carboxylic acids is 2. The van der Waals surface area contributed by atoms with Crippen LogP contribution in [-0.2, 0) is 16.1 Å². The first-order valence-electron chi connectivity index (χ1n) is 8.53. The Morgan fingerprint density at radius 3 is 2.43 bits per heavy atom. The van der Waals surface area contributed by atoms with Crippen LogP contribution in [0.1, 0.15) is 27.6 Å². The fourth-order valence-corrected chi connectivity index (χ4v) is 2.48. The molecule has 0 heterocycles. The number of amides is 1. The predicted octanol–water partition coefficient (Wildman–Crippen LogP) is 1.80. The Labute approximate surface area is 162 Å². The fourth-order valence-electron chi connectivity index (χ4n) is 2.48. The van der Waals surface area contributed by atoms with Gasteiger partial charge in [-0.05, 0) is 17.7 Å². The first-order chi connectivity index (χ1) is 13.5. The van der Waals surface area contributed by atoms with Gasteiger partial charge in [0.15, 0.2) is 0 Å². The number of alkyl carbamates (subject to hydrolysis) is 1. The summed E-state index contributed by atoms with van der Waals surface area (Å²) in [6, 6.07) is 13.4. The van der Waals surface area contributed by atoms with Crippen LogP contribution in [0.4, 0.5) is 4.79 Å². The monoisotopic (exact) mass is 389 g/mol. The zero-order valence-corrected chi connectivity index (χ0v) is 15.6. The van der Waals surface area contributed by atoms with E-state index in [1.807, 2.05) is 30.3 Å². The summed E-state index contributed by atoms with van der Waals surface area (Å²) >= 11 is 0. The van der Waals surface area contributed by atoms with E-state index < -0.39 is 24.3 Å². The van der Waals surface area contributed by atoms with Gasteiger partial charge in [0.2, 0.25) is 0 Å².